The first kappa shape index (κ1) is 22.1. The fourth-order valence-corrected chi connectivity index (χ4v) is 3.70. The Hall–Kier alpha value is -4.11. The highest BCUT2D eigenvalue weighted by atomic mass is 32.1. The van der Waals surface area contributed by atoms with Crippen molar-refractivity contribution >= 4 is 50.9 Å². The minimum Gasteiger partial charge on any atom is -0.490 e. The summed E-state index contributed by atoms with van der Waals surface area (Å²) in [6.07, 6.45) is 1.64. The highest BCUT2D eigenvalue weighted by molar-refractivity contribution is 7.14. The van der Waals surface area contributed by atoms with Gasteiger partial charge in [-0.25, -0.2) is 4.98 Å². The molecule has 4 aromatic rings. The number of carbonyl (C=O) groups is 1. The van der Waals surface area contributed by atoms with Crippen LogP contribution >= 0.6 is 11.3 Å². The van der Waals surface area contributed by atoms with Gasteiger partial charge in [0.1, 0.15) is 5.82 Å². The first-order valence-electron chi connectivity index (χ1n) is 10.3. The van der Waals surface area contributed by atoms with Crippen LogP contribution in [0.1, 0.15) is 12.5 Å². The van der Waals surface area contributed by atoms with Gasteiger partial charge in [-0.1, -0.05) is 36.4 Å². The summed E-state index contributed by atoms with van der Waals surface area (Å²) in [5.41, 5.74) is 9.96. The molecular weight excluding hydrogens is 438 g/mol. The van der Waals surface area contributed by atoms with Crippen molar-refractivity contribution < 1.29 is 14.3 Å². The lowest BCUT2D eigenvalue weighted by atomic mass is 10.1. The summed E-state index contributed by atoms with van der Waals surface area (Å²) in [5, 5.41) is 11.4. The number of nitrogens with two attached hydrogens (primary N) is 1. The number of nitrogens with one attached hydrogen (secondary N) is 2. The third-order valence-corrected chi connectivity index (χ3v) is 5.35. The Balaban J connectivity index is 1.39. The van der Waals surface area contributed by atoms with Gasteiger partial charge in [0.2, 0.25) is 5.13 Å². The Morgan fingerprint density at radius 3 is 2.79 bits per heavy atom. The van der Waals surface area contributed by atoms with Crippen LogP contribution in [0.3, 0.4) is 0 Å². The molecule has 33 heavy (non-hydrogen) atoms. The first-order chi connectivity index (χ1) is 16.1. The number of anilines is 3. The molecule has 0 aliphatic rings. The van der Waals surface area contributed by atoms with E-state index < -0.39 is 0 Å². The molecular formula is C24H23N5O3S. The Morgan fingerprint density at radius 2 is 1.97 bits per heavy atom. The molecule has 0 unspecified atom stereocenters. The zero-order chi connectivity index (χ0) is 23.0. The molecule has 0 atom stereocenters. The molecule has 8 nitrogen and oxygen atoms in total. The number of ether oxygens (including phenoxy) is 2. The van der Waals surface area contributed by atoms with Gasteiger partial charge in [-0.15, -0.1) is 11.3 Å². The van der Waals surface area contributed by atoms with Crippen molar-refractivity contribution in [3.63, 3.8) is 0 Å². The standard InChI is InChI=1S/C24H23N5O3S/c1-2-31-21-12-16(13-26-29-24-28-22(25)15-33-24)10-11-20(21)32-14-23(30)27-19-9-5-7-17-6-3-4-8-18(17)19/h3-13,15H,2,14,25H2,1H3,(H,27,30)(H,28,29). The summed E-state index contributed by atoms with van der Waals surface area (Å²) in [7, 11) is 0. The van der Waals surface area contributed by atoms with Crippen molar-refractivity contribution in [2.45, 2.75) is 6.92 Å². The van der Waals surface area contributed by atoms with Crippen LogP contribution in [-0.4, -0.2) is 30.3 Å². The molecule has 168 valence electrons. The summed E-state index contributed by atoms with van der Waals surface area (Å²) >= 11 is 1.37. The quantitative estimate of drug-likeness (QED) is 0.245. The summed E-state index contributed by atoms with van der Waals surface area (Å²) in [6.45, 7) is 2.19. The Morgan fingerprint density at radius 1 is 1.12 bits per heavy atom. The molecule has 4 rings (SSSR count). The topological polar surface area (TPSA) is 111 Å². The van der Waals surface area contributed by atoms with Crippen molar-refractivity contribution in [1.82, 2.24) is 4.98 Å². The minimum atomic E-state index is -0.258. The van der Waals surface area contributed by atoms with E-state index in [1.54, 1.807) is 23.7 Å². The summed E-state index contributed by atoms with van der Waals surface area (Å²) in [5.74, 6) is 1.19. The molecule has 4 N–H and O–H groups in total. The smallest absolute Gasteiger partial charge is 0.262 e. The van der Waals surface area contributed by atoms with Gasteiger partial charge < -0.3 is 20.5 Å². The van der Waals surface area contributed by atoms with Gasteiger partial charge in [0.15, 0.2) is 18.1 Å². The predicted octanol–water partition coefficient (Wildman–Crippen LogP) is 4.74. The number of hydrogen-bond donors (Lipinski definition) is 3. The van der Waals surface area contributed by atoms with E-state index >= 15 is 0 Å². The maximum atomic E-state index is 12.5. The van der Waals surface area contributed by atoms with Crippen molar-refractivity contribution in [2.75, 3.05) is 29.7 Å². The van der Waals surface area contributed by atoms with E-state index in [4.69, 9.17) is 15.2 Å². The summed E-state index contributed by atoms with van der Waals surface area (Å²) in [6, 6.07) is 19.0. The first-order valence-corrected chi connectivity index (χ1v) is 11.2. The zero-order valence-electron chi connectivity index (χ0n) is 17.9. The lowest BCUT2D eigenvalue weighted by Gasteiger charge is -2.13. The molecule has 3 aromatic carbocycles. The average Bonchev–Trinajstić information content (AvgIpc) is 3.24. The average molecular weight is 462 g/mol. The molecule has 0 aliphatic carbocycles. The van der Waals surface area contributed by atoms with Crippen LogP contribution in [0.5, 0.6) is 11.5 Å². The molecule has 1 aromatic heterocycles. The highest BCUT2D eigenvalue weighted by Crippen LogP contribution is 2.28. The molecule has 0 saturated heterocycles. The fraction of sp³-hybridized carbons (Fsp3) is 0.125. The zero-order valence-corrected chi connectivity index (χ0v) is 18.8. The summed E-state index contributed by atoms with van der Waals surface area (Å²) < 4.78 is 11.4. The lowest BCUT2D eigenvalue weighted by Crippen LogP contribution is -2.20. The number of nitrogens with zero attached hydrogens (tertiary/aromatic N) is 2. The second-order valence-electron chi connectivity index (χ2n) is 6.95. The van der Waals surface area contributed by atoms with E-state index in [0.717, 1.165) is 22.0 Å². The van der Waals surface area contributed by atoms with Gasteiger partial charge in [-0.05, 0) is 42.1 Å². The maximum Gasteiger partial charge on any atom is 0.262 e. The number of carbonyl (C=O) groups excluding carboxylic acids is 1. The van der Waals surface area contributed by atoms with Crippen molar-refractivity contribution in [3.05, 3.63) is 71.6 Å². The third kappa shape index (κ3) is 5.78. The molecule has 0 bridgehead atoms. The molecule has 0 saturated carbocycles. The Kier molecular flexibility index (Phi) is 7.01. The van der Waals surface area contributed by atoms with E-state index in [-0.39, 0.29) is 12.5 Å². The Bertz CT molecular complexity index is 1280. The van der Waals surface area contributed by atoms with Crippen LogP contribution < -0.4 is 25.9 Å². The van der Waals surface area contributed by atoms with Crippen molar-refractivity contribution in [3.8, 4) is 11.5 Å². The number of thiazole rings is 1. The van der Waals surface area contributed by atoms with Crippen LogP contribution in [0.25, 0.3) is 10.8 Å². The number of nitrogen functional groups attached to an aromatic ring is 1. The normalized spacial score (nSPS) is 10.9. The fourth-order valence-electron chi connectivity index (χ4n) is 3.16. The molecule has 1 amide bonds. The third-order valence-electron chi connectivity index (χ3n) is 4.59. The molecule has 0 aliphatic heterocycles. The van der Waals surface area contributed by atoms with Gasteiger partial charge in [-0.3, -0.25) is 10.2 Å². The van der Waals surface area contributed by atoms with Gasteiger partial charge in [0.05, 0.1) is 12.8 Å². The molecule has 0 radical (unpaired) electrons. The van der Waals surface area contributed by atoms with Crippen LogP contribution in [-0.2, 0) is 4.79 Å². The summed E-state index contributed by atoms with van der Waals surface area (Å²) in [4.78, 5) is 16.6. The number of hydrazone groups is 1. The molecule has 0 fully saturated rings. The van der Waals surface area contributed by atoms with Crippen molar-refractivity contribution in [1.29, 1.82) is 0 Å². The van der Waals surface area contributed by atoms with Crippen LogP contribution in [0.15, 0.2) is 71.1 Å². The second-order valence-corrected chi connectivity index (χ2v) is 7.81. The molecule has 0 spiro atoms. The molecule has 1 heterocycles. The van der Waals surface area contributed by atoms with Gasteiger partial charge in [0, 0.05) is 16.5 Å². The van der Waals surface area contributed by atoms with Crippen molar-refractivity contribution in [2.24, 2.45) is 5.10 Å². The molecule has 9 heteroatoms. The van der Waals surface area contributed by atoms with E-state index in [1.807, 2.05) is 55.5 Å². The van der Waals surface area contributed by atoms with Gasteiger partial charge in [-0.2, -0.15) is 5.10 Å². The van der Waals surface area contributed by atoms with Crippen LogP contribution in [0.2, 0.25) is 0 Å². The second kappa shape index (κ2) is 10.5. The monoisotopic (exact) mass is 461 g/mol. The largest absolute Gasteiger partial charge is 0.490 e. The van der Waals surface area contributed by atoms with E-state index in [2.05, 4.69) is 20.8 Å². The number of hydrogen-bond acceptors (Lipinski definition) is 8. The SMILES string of the molecule is CCOc1cc(C=NNc2nc(N)cs2)ccc1OCC(=O)Nc1cccc2ccccc12. The van der Waals surface area contributed by atoms with Crippen LogP contribution in [0.4, 0.5) is 16.6 Å². The number of fused-ring (bicyclic) bond motifs is 1. The predicted molar refractivity (Wildman–Crippen MR) is 133 cm³/mol. The number of benzene rings is 3. The Labute approximate surface area is 195 Å². The van der Waals surface area contributed by atoms with Gasteiger partial charge in [0.25, 0.3) is 5.91 Å². The highest BCUT2D eigenvalue weighted by Gasteiger charge is 2.10. The number of aromatic nitrogens is 1. The maximum absolute atomic E-state index is 12.5. The van der Waals surface area contributed by atoms with E-state index in [9.17, 15) is 4.79 Å². The van der Waals surface area contributed by atoms with E-state index in [1.165, 1.54) is 11.3 Å². The van der Waals surface area contributed by atoms with Crippen LogP contribution in [0, 0.1) is 0 Å². The van der Waals surface area contributed by atoms with E-state index in [0.29, 0.717) is 29.1 Å². The lowest BCUT2D eigenvalue weighted by molar-refractivity contribution is -0.118. The number of amides is 1. The van der Waals surface area contributed by atoms with Gasteiger partial charge >= 0.3 is 0 Å². The number of rotatable bonds is 9. The minimum absolute atomic E-state index is 0.149.